The molecule has 0 bridgehead atoms. The average Bonchev–Trinajstić information content (AvgIpc) is 2.28. The van der Waals surface area contributed by atoms with Gasteiger partial charge in [0.1, 0.15) is 0 Å². The van der Waals surface area contributed by atoms with Crippen molar-refractivity contribution in [2.45, 2.75) is 32.9 Å². The van der Waals surface area contributed by atoms with Crippen molar-refractivity contribution in [3.05, 3.63) is 30.1 Å². The molecule has 0 spiro atoms. The summed E-state index contributed by atoms with van der Waals surface area (Å²) in [7, 11) is 0. The van der Waals surface area contributed by atoms with Crippen molar-refractivity contribution in [1.82, 2.24) is 10.3 Å². The number of carbonyl (C=O) groups excluding carboxylic acids is 1. The van der Waals surface area contributed by atoms with E-state index in [4.69, 9.17) is 5.73 Å². The van der Waals surface area contributed by atoms with Gasteiger partial charge in [0.25, 0.3) is 0 Å². The van der Waals surface area contributed by atoms with Gasteiger partial charge in [0, 0.05) is 12.4 Å². The first kappa shape index (κ1) is 12.6. The summed E-state index contributed by atoms with van der Waals surface area (Å²) in [4.78, 5) is 15.6. The van der Waals surface area contributed by atoms with Gasteiger partial charge in [-0.1, -0.05) is 13.8 Å². The third-order valence-electron chi connectivity index (χ3n) is 2.59. The number of pyridine rings is 1. The van der Waals surface area contributed by atoms with Gasteiger partial charge in [-0.3, -0.25) is 9.78 Å². The van der Waals surface area contributed by atoms with Gasteiger partial charge in [-0.25, -0.2) is 0 Å². The molecule has 0 fully saturated rings. The standard InChI is InChI=1S/C12H19N3O/c1-8(2)11(13)12(16)15-9(3)10-4-6-14-7-5-10/h4-9,11H,13H2,1-3H3,(H,15,16)/t9?,11-/m0/s1. The molecule has 0 radical (unpaired) electrons. The predicted molar refractivity (Wildman–Crippen MR) is 63.6 cm³/mol. The fraction of sp³-hybridized carbons (Fsp3) is 0.500. The number of hydrogen-bond acceptors (Lipinski definition) is 3. The molecule has 16 heavy (non-hydrogen) atoms. The second-order valence-electron chi connectivity index (χ2n) is 4.28. The smallest absolute Gasteiger partial charge is 0.237 e. The van der Waals surface area contributed by atoms with Crippen molar-refractivity contribution in [3.63, 3.8) is 0 Å². The molecule has 1 aromatic heterocycles. The maximum Gasteiger partial charge on any atom is 0.237 e. The van der Waals surface area contributed by atoms with E-state index >= 15 is 0 Å². The second kappa shape index (κ2) is 5.61. The van der Waals surface area contributed by atoms with Gasteiger partial charge in [0.15, 0.2) is 0 Å². The third kappa shape index (κ3) is 3.31. The summed E-state index contributed by atoms with van der Waals surface area (Å²) in [6.07, 6.45) is 3.42. The topological polar surface area (TPSA) is 68.0 Å². The van der Waals surface area contributed by atoms with Crippen LogP contribution in [0, 0.1) is 5.92 Å². The average molecular weight is 221 g/mol. The highest BCUT2D eigenvalue weighted by atomic mass is 16.2. The van der Waals surface area contributed by atoms with Crippen LogP contribution in [-0.2, 0) is 4.79 Å². The Labute approximate surface area is 96.3 Å². The summed E-state index contributed by atoms with van der Waals surface area (Å²) in [5.41, 5.74) is 6.79. The van der Waals surface area contributed by atoms with Gasteiger partial charge in [-0.15, -0.1) is 0 Å². The molecule has 88 valence electrons. The van der Waals surface area contributed by atoms with Gasteiger partial charge >= 0.3 is 0 Å². The molecule has 1 aromatic rings. The summed E-state index contributed by atoms with van der Waals surface area (Å²) < 4.78 is 0. The molecule has 2 atom stereocenters. The zero-order valence-electron chi connectivity index (χ0n) is 9.97. The first-order valence-electron chi connectivity index (χ1n) is 5.48. The molecule has 4 heteroatoms. The highest BCUT2D eigenvalue weighted by molar-refractivity contribution is 5.82. The third-order valence-corrected chi connectivity index (χ3v) is 2.59. The van der Waals surface area contributed by atoms with Crippen molar-refractivity contribution < 1.29 is 4.79 Å². The first-order chi connectivity index (χ1) is 7.52. The normalized spacial score (nSPS) is 14.6. The summed E-state index contributed by atoms with van der Waals surface area (Å²) in [6.45, 7) is 5.79. The molecule has 3 N–H and O–H groups in total. The number of rotatable bonds is 4. The van der Waals surface area contributed by atoms with E-state index in [-0.39, 0.29) is 17.9 Å². The fourth-order valence-corrected chi connectivity index (χ4v) is 1.35. The quantitative estimate of drug-likeness (QED) is 0.803. The number of nitrogens with one attached hydrogen (secondary N) is 1. The Morgan fingerprint density at radius 2 is 1.88 bits per heavy atom. The molecule has 0 aliphatic carbocycles. The van der Waals surface area contributed by atoms with Crippen LogP contribution in [0.15, 0.2) is 24.5 Å². The lowest BCUT2D eigenvalue weighted by molar-refractivity contribution is -0.123. The lowest BCUT2D eigenvalue weighted by Crippen LogP contribution is -2.44. The van der Waals surface area contributed by atoms with Gasteiger partial charge in [-0.2, -0.15) is 0 Å². The Balaban J connectivity index is 2.58. The van der Waals surface area contributed by atoms with Crippen LogP contribution in [0.25, 0.3) is 0 Å². The summed E-state index contributed by atoms with van der Waals surface area (Å²) in [5, 5.41) is 2.89. The maximum atomic E-state index is 11.7. The van der Waals surface area contributed by atoms with Gasteiger partial charge in [0.05, 0.1) is 12.1 Å². The monoisotopic (exact) mass is 221 g/mol. The molecule has 0 aromatic carbocycles. The number of carbonyl (C=O) groups is 1. The van der Waals surface area contributed by atoms with E-state index in [0.29, 0.717) is 0 Å². The van der Waals surface area contributed by atoms with Crippen molar-refractivity contribution in [1.29, 1.82) is 0 Å². The van der Waals surface area contributed by atoms with Crippen molar-refractivity contribution in [3.8, 4) is 0 Å². The molecular weight excluding hydrogens is 202 g/mol. The molecule has 1 rings (SSSR count). The molecule has 4 nitrogen and oxygen atoms in total. The van der Waals surface area contributed by atoms with Crippen molar-refractivity contribution in [2.24, 2.45) is 11.7 Å². The Morgan fingerprint density at radius 1 is 1.31 bits per heavy atom. The first-order valence-corrected chi connectivity index (χ1v) is 5.48. The highest BCUT2D eigenvalue weighted by Gasteiger charge is 2.19. The minimum absolute atomic E-state index is 0.0414. The summed E-state index contributed by atoms with van der Waals surface area (Å²) >= 11 is 0. The van der Waals surface area contributed by atoms with Crippen LogP contribution in [0.5, 0.6) is 0 Å². The van der Waals surface area contributed by atoms with E-state index < -0.39 is 6.04 Å². The molecule has 1 amide bonds. The van der Waals surface area contributed by atoms with E-state index in [1.807, 2.05) is 32.9 Å². The van der Waals surface area contributed by atoms with Crippen LogP contribution >= 0.6 is 0 Å². The van der Waals surface area contributed by atoms with Gasteiger partial charge < -0.3 is 11.1 Å². The molecule has 1 unspecified atom stereocenters. The fourth-order valence-electron chi connectivity index (χ4n) is 1.35. The Hall–Kier alpha value is -1.42. The van der Waals surface area contributed by atoms with Gasteiger partial charge in [0.2, 0.25) is 5.91 Å². The lowest BCUT2D eigenvalue weighted by atomic mass is 10.0. The largest absolute Gasteiger partial charge is 0.348 e. The number of amides is 1. The van der Waals surface area contributed by atoms with Crippen molar-refractivity contribution >= 4 is 5.91 Å². The minimum atomic E-state index is -0.454. The van der Waals surface area contributed by atoms with E-state index in [9.17, 15) is 4.79 Å². The minimum Gasteiger partial charge on any atom is -0.348 e. The lowest BCUT2D eigenvalue weighted by Gasteiger charge is -2.19. The molecule has 0 aliphatic rings. The van der Waals surface area contributed by atoms with Crippen LogP contribution < -0.4 is 11.1 Å². The Kier molecular flexibility index (Phi) is 4.43. The number of aromatic nitrogens is 1. The van der Waals surface area contributed by atoms with Crippen LogP contribution in [-0.4, -0.2) is 16.9 Å². The van der Waals surface area contributed by atoms with Crippen LogP contribution in [0.1, 0.15) is 32.4 Å². The van der Waals surface area contributed by atoms with E-state index in [1.54, 1.807) is 12.4 Å². The summed E-state index contributed by atoms with van der Waals surface area (Å²) in [6, 6.07) is 3.27. The van der Waals surface area contributed by atoms with Crippen LogP contribution in [0.4, 0.5) is 0 Å². The molecular formula is C12H19N3O. The number of nitrogens with zero attached hydrogens (tertiary/aromatic N) is 1. The summed E-state index contributed by atoms with van der Waals surface area (Å²) in [5.74, 6) is 0.0314. The molecule has 0 saturated heterocycles. The zero-order chi connectivity index (χ0) is 12.1. The Bertz CT molecular complexity index is 337. The van der Waals surface area contributed by atoms with Crippen molar-refractivity contribution in [2.75, 3.05) is 0 Å². The predicted octanol–water partition coefficient (Wildman–Crippen LogP) is 1.24. The van der Waals surface area contributed by atoms with Gasteiger partial charge in [-0.05, 0) is 30.5 Å². The molecule has 1 heterocycles. The number of nitrogens with two attached hydrogens (primary N) is 1. The van der Waals surface area contributed by atoms with E-state index in [2.05, 4.69) is 10.3 Å². The highest BCUT2D eigenvalue weighted by Crippen LogP contribution is 2.10. The number of hydrogen-bond donors (Lipinski definition) is 2. The van der Waals surface area contributed by atoms with E-state index in [1.165, 1.54) is 0 Å². The maximum absolute atomic E-state index is 11.7. The zero-order valence-corrected chi connectivity index (χ0v) is 9.97. The SMILES string of the molecule is CC(NC(=O)[C@@H](N)C(C)C)c1ccncc1. The van der Waals surface area contributed by atoms with Crippen LogP contribution in [0.2, 0.25) is 0 Å². The molecule has 0 aliphatic heterocycles. The Morgan fingerprint density at radius 3 is 2.38 bits per heavy atom. The van der Waals surface area contributed by atoms with E-state index in [0.717, 1.165) is 5.56 Å². The van der Waals surface area contributed by atoms with Crippen LogP contribution in [0.3, 0.4) is 0 Å². The molecule has 0 saturated carbocycles. The second-order valence-corrected chi connectivity index (χ2v) is 4.28.